The molecule has 0 amide bonds. The lowest BCUT2D eigenvalue weighted by atomic mass is 10.0. The van der Waals surface area contributed by atoms with E-state index in [2.05, 4.69) is 0 Å². The van der Waals surface area contributed by atoms with E-state index in [-0.39, 0.29) is 12.2 Å². The Kier molecular flexibility index (Phi) is 5.70. The van der Waals surface area contributed by atoms with Gasteiger partial charge >= 0.3 is 0 Å². The largest absolute Gasteiger partial charge is 0.496 e. The minimum Gasteiger partial charge on any atom is -0.496 e. The fraction of sp³-hybridized carbons (Fsp3) is 0.500. The van der Waals surface area contributed by atoms with Gasteiger partial charge < -0.3 is 9.84 Å². The molecule has 1 aromatic rings. The molecule has 0 spiro atoms. The van der Waals surface area contributed by atoms with E-state index >= 15 is 0 Å². The van der Waals surface area contributed by atoms with E-state index in [4.69, 9.17) is 4.74 Å². The van der Waals surface area contributed by atoms with Crippen LogP contribution in [-0.4, -0.2) is 24.1 Å². The van der Waals surface area contributed by atoms with E-state index in [1.807, 2.05) is 31.2 Å². The van der Waals surface area contributed by atoms with E-state index in [0.29, 0.717) is 12.2 Å². The van der Waals surface area contributed by atoms with Crippen molar-refractivity contribution in [3.8, 4) is 5.75 Å². The Morgan fingerprint density at radius 3 is 2.76 bits per heavy atom. The number of carbonyl (C=O) groups is 1. The van der Waals surface area contributed by atoms with E-state index in [0.717, 1.165) is 18.4 Å². The first kappa shape index (κ1) is 13.7. The molecule has 0 bridgehead atoms. The van der Waals surface area contributed by atoms with Gasteiger partial charge in [-0.05, 0) is 12.5 Å². The average molecular weight is 236 g/mol. The van der Waals surface area contributed by atoms with Crippen molar-refractivity contribution in [2.24, 2.45) is 0 Å². The number of hydrogen-bond donors (Lipinski definition) is 1. The molecule has 0 aliphatic carbocycles. The van der Waals surface area contributed by atoms with Gasteiger partial charge in [0.05, 0.1) is 7.11 Å². The van der Waals surface area contributed by atoms with Crippen LogP contribution >= 0.6 is 0 Å². The fourth-order valence-electron chi connectivity index (χ4n) is 1.71. The summed E-state index contributed by atoms with van der Waals surface area (Å²) >= 11 is 0. The third-order valence-electron chi connectivity index (χ3n) is 2.76. The highest BCUT2D eigenvalue weighted by Gasteiger charge is 2.16. The van der Waals surface area contributed by atoms with Crippen LogP contribution in [0.25, 0.3) is 0 Å². The van der Waals surface area contributed by atoms with Crippen LogP contribution in [0.2, 0.25) is 0 Å². The summed E-state index contributed by atoms with van der Waals surface area (Å²) in [7, 11) is 1.58. The number of benzene rings is 1. The summed E-state index contributed by atoms with van der Waals surface area (Å²) < 4.78 is 5.17. The summed E-state index contributed by atoms with van der Waals surface area (Å²) in [5, 5.41) is 9.68. The van der Waals surface area contributed by atoms with Crippen LogP contribution in [0.4, 0.5) is 0 Å². The van der Waals surface area contributed by atoms with Gasteiger partial charge in [-0.15, -0.1) is 0 Å². The molecule has 0 saturated carbocycles. The number of aliphatic hydroxyl groups is 1. The monoisotopic (exact) mass is 236 g/mol. The molecule has 1 aromatic carbocycles. The van der Waals surface area contributed by atoms with Crippen LogP contribution in [0.15, 0.2) is 24.3 Å². The number of carbonyl (C=O) groups excluding carboxylic acids is 1. The normalized spacial score (nSPS) is 12.2. The number of Topliss-reactive ketones (excluding diaryl/α,β-unsaturated/α-hetero) is 1. The predicted octanol–water partition coefficient (Wildman–Crippen LogP) is 2.36. The van der Waals surface area contributed by atoms with Crippen molar-refractivity contribution in [3.63, 3.8) is 0 Å². The molecule has 0 fully saturated rings. The first-order valence-electron chi connectivity index (χ1n) is 6.01. The molecule has 0 saturated heterocycles. The molecule has 3 heteroatoms. The van der Waals surface area contributed by atoms with Crippen LogP contribution in [-0.2, 0) is 11.2 Å². The third kappa shape index (κ3) is 4.19. The lowest BCUT2D eigenvalue weighted by molar-refractivity contribution is -0.126. The Bertz CT molecular complexity index is 360. The van der Waals surface area contributed by atoms with Crippen LogP contribution in [0.1, 0.15) is 31.7 Å². The number of ketones is 1. The maximum atomic E-state index is 11.8. The van der Waals surface area contributed by atoms with Gasteiger partial charge in [0.2, 0.25) is 0 Å². The van der Waals surface area contributed by atoms with Gasteiger partial charge in [0.15, 0.2) is 5.78 Å². The molecule has 0 aliphatic heterocycles. The molecule has 0 radical (unpaired) electrons. The Balaban J connectivity index is 2.61. The van der Waals surface area contributed by atoms with Crippen molar-refractivity contribution in [3.05, 3.63) is 29.8 Å². The molecular weight excluding hydrogens is 216 g/mol. The van der Waals surface area contributed by atoms with Crippen molar-refractivity contribution in [1.82, 2.24) is 0 Å². The van der Waals surface area contributed by atoms with Crippen LogP contribution in [0.5, 0.6) is 5.75 Å². The van der Waals surface area contributed by atoms with Crippen molar-refractivity contribution in [2.75, 3.05) is 7.11 Å². The highest BCUT2D eigenvalue weighted by atomic mass is 16.5. The molecule has 0 unspecified atom stereocenters. The number of rotatable bonds is 7. The predicted molar refractivity (Wildman–Crippen MR) is 67.2 cm³/mol. The van der Waals surface area contributed by atoms with Gasteiger partial charge in [0, 0.05) is 12.0 Å². The Labute approximate surface area is 102 Å². The fourth-order valence-corrected chi connectivity index (χ4v) is 1.71. The van der Waals surface area contributed by atoms with E-state index in [1.54, 1.807) is 7.11 Å². The summed E-state index contributed by atoms with van der Waals surface area (Å²) in [5.41, 5.74) is 0.829. The van der Waals surface area contributed by atoms with Gasteiger partial charge in [0.25, 0.3) is 0 Å². The second-order valence-electron chi connectivity index (χ2n) is 4.11. The summed E-state index contributed by atoms with van der Waals surface area (Å²) in [6.45, 7) is 2.04. The van der Waals surface area contributed by atoms with Gasteiger partial charge in [-0.3, -0.25) is 4.79 Å². The Morgan fingerprint density at radius 1 is 1.41 bits per heavy atom. The van der Waals surface area contributed by atoms with E-state index in [9.17, 15) is 9.90 Å². The topological polar surface area (TPSA) is 46.5 Å². The molecule has 1 atom stereocenters. The standard InChI is InChI=1S/C14H20O3/c1-3-4-8-12(15)13(16)10-11-7-5-6-9-14(11)17-2/h5-7,9,12,15H,3-4,8,10H2,1-2H3/t12-/m0/s1. The zero-order chi connectivity index (χ0) is 12.7. The number of ether oxygens (including phenoxy) is 1. The quantitative estimate of drug-likeness (QED) is 0.790. The van der Waals surface area contributed by atoms with Gasteiger partial charge in [0.1, 0.15) is 11.9 Å². The second-order valence-corrected chi connectivity index (χ2v) is 4.11. The van der Waals surface area contributed by atoms with Crippen LogP contribution < -0.4 is 4.74 Å². The smallest absolute Gasteiger partial charge is 0.165 e. The molecule has 0 aromatic heterocycles. The summed E-state index contributed by atoms with van der Waals surface area (Å²) in [4.78, 5) is 11.8. The first-order valence-corrected chi connectivity index (χ1v) is 6.01. The second kappa shape index (κ2) is 7.07. The highest BCUT2D eigenvalue weighted by molar-refractivity contribution is 5.85. The lowest BCUT2D eigenvalue weighted by Crippen LogP contribution is -2.22. The van der Waals surface area contributed by atoms with Crippen molar-refractivity contribution < 1.29 is 14.6 Å². The third-order valence-corrected chi connectivity index (χ3v) is 2.76. The Hall–Kier alpha value is -1.35. The van der Waals surface area contributed by atoms with Crippen LogP contribution in [0, 0.1) is 0 Å². The molecule has 0 aliphatic rings. The zero-order valence-corrected chi connectivity index (χ0v) is 10.5. The first-order chi connectivity index (χ1) is 8.19. The molecule has 1 rings (SSSR count). The molecular formula is C14H20O3. The zero-order valence-electron chi connectivity index (χ0n) is 10.5. The maximum Gasteiger partial charge on any atom is 0.165 e. The minimum absolute atomic E-state index is 0.136. The maximum absolute atomic E-state index is 11.8. The van der Waals surface area contributed by atoms with Gasteiger partial charge in [-0.1, -0.05) is 38.0 Å². The van der Waals surface area contributed by atoms with Crippen molar-refractivity contribution >= 4 is 5.78 Å². The van der Waals surface area contributed by atoms with Crippen molar-refractivity contribution in [1.29, 1.82) is 0 Å². The minimum atomic E-state index is -0.847. The molecule has 94 valence electrons. The average Bonchev–Trinajstić information content (AvgIpc) is 2.36. The summed E-state index contributed by atoms with van der Waals surface area (Å²) in [6.07, 6.45) is 1.79. The number of aliphatic hydroxyl groups excluding tert-OH is 1. The molecule has 17 heavy (non-hydrogen) atoms. The van der Waals surface area contributed by atoms with E-state index < -0.39 is 6.10 Å². The summed E-state index contributed by atoms with van der Waals surface area (Å²) in [6, 6.07) is 7.40. The number of unbranched alkanes of at least 4 members (excludes halogenated alkanes) is 1. The van der Waals surface area contributed by atoms with Crippen LogP contribution in [0.3, 0.4) is 0 Å². The van der Waals surface area contributed by atoms with Crippen molar-refractivity contribution in [2.45, 2.75) is 38.7 Å². The van der Waals surface area contributed by atoms with Gasteiger partial charge in [-0.25, -0.2) is 0 Å². The van der Waals surface area contributed by atoms with E-state index in [1.165, 1.54) is 0 Å². The Morgan fingerprint density at radius 2 is 2.12 bits per heavy atom. The SMILES string of the molecule is CCCC[C@H](O)C(=O)Cc1ccccc1OC. The van der Waals surface area contributed by atoms with Gasteiger partial charge in [-0.2, -0.15) is 0 Å². The molecule has 3 nitrogen and oxygen atoms in total. The number of methoxy groups -OCH3 is 1. The molecule has 1 N–H and O–H groups in total. The summed E-state index contributed by atoms with van der Waals surface area (Å²) in [5.74, 6) is 0.562. The number of para-hydroxylation sites is 1. The highest BCUT2D eigenvalue weighted by Crippen LogP contribution is 2.19. The number of hydrogen-bond acceptors (Lipinski definition) is 3. The molecule has 0 heterocycles. The lowest BCUT2D eigenvalue weighted by Gasteiger charge is -2.11.